The van der Waals surface area contributed by atoms with Crippen LogP contribution in [-0.2, 0) is 16.1 Å². The summed E-state index contributed by atoms with van der Waals surface area (Å²) in [4.78, 5) is 15.7. The minimum absolute atomic E-state index is 0.0682. The van der Waals surface area contributed by atoms with E-state index in [1.807, 2.05) is 18.2 Å². The molecule has 0 aliphatic carbocycles. The summed E-state index contributed by atoms with van der Waals surface area (Å²) >= 11 is 1.33. The van der Waals surface area contributed by atoms with Crippen molar-refractivity contribution >= 4 is 23.7 Å². The first-order valence-electron chi connectivity index (χ1n) is 5.43. The van der Waals surface area contributed by atoms with Crippen LogP contribution in [0.5, 0.6) is 0 Å². The number of carbonyl (C=O) groups is 1. The van der Waals surface area contributed by atoms with Gasteiger partial charge in [-0.3, -0.25) is 10.1 Å². The van der Waals surface area contributed by atoms with Gasteiger partial charge in [0.05, 0.1) is 10.8 Å². The zero-order chi connectivity index (χ0) is 13.5. The molecule has 0 aliphatic rings. The number of amides is 1. The summed E-state index contributed by atoms with van der Waals surface area (Å²) in [6.45, 7) is 0.214. The Balaban J connectivity index is 1.80. The van der Waals surface area contributed by atoms with Crippen molar-refractivity contribution in [2.24, 2.45) is 0 Å². The van der Waals surface area contributed by atoms with E-state index >= 15 is 0 Å². The van der Waals surface area contributed by atoms with Gasteiger partial charge in [0.2, 0.25) is 11.8 Å². The fourth-order valence-electron chi connectivity index (χ4n) is 1.21. The number of anilines is 1. The zero-order valence-electron chi connectivity index (χ0n) is 10.2. The van der Waals surface area contributed by atoms with Gasteiger partial charge in [0, 0.05) is 13.3 Å². The first kappa shape index (κ1) is 13.5. The summed E-state index contributed by atoms with van der Waals surface area (Å²) in [6.07, 6.45) is 1.68. The highest BCUT2D eigenvalue weighted by Gasteiger charge is 2.10. The molecule has 0 atom stereocenters. The van der Waals surface area contributed by atoms with Gasteiger partial charge >= 0.3 is 6.01 Å². The van der Waals surface area contributed by atoms with Crippen LogP contribution in [0.25, 0.3) is 0 Å². The lowest BCUT2D eigenvalue weighted by Crippen LogP contribution is -2.14. The Morgan fingerprint density at radius 3 is 3.11 bits per heavy atom. The quantitative estimate of drug-likeness (QED) is 0.798. The molecule has 2 heterocycles. The van der Waals surface area contributed by atoms with Gasteiger partial charge in [-0.05, 0) is 12.1 Å². The number of ether oxygens (including phenoxy) is 1. The molecule has 0 radical (unpaired) electrons. The zero-order valence-corrected chi connectivity index (χ0v) is 11.0. The topological polar surface area (TPSA) is 90.1 Å². The molecule has 19 heavy (non-hydrogen) atoms. The number of nitrogens with zero attached hydrogens (tertiary/aromatic N) is 3. The number of methoxy groups -OCH3 is 1. The van der Waals surface area contributed by atoms with Crippen molar-refractivity contribution < 1.29 is 13.9 Å². The van der Waals surface area contributed by atoms with E-state index in [1.54, 1.807) is 6.20 Å². The third-order valence-corrected chi connectivity index (χ3v) is 2.91. The van der Waals surface area contributed by atoms with E-state index in [9.17, 15) is 4.79 Å². The van der Waals surface area contributed by atoms with Crippen LogP contribution in [-0.4, -0.2) is 34.0 Å². The van der Waals surface area contributed by atoms with Gasteiger partial charge in [0.1, 0.15) is 6.61 Å². The second-order valence-corrected chi connectivity index (χ2v) is 4.43. The van der Waals surface area contributed by atoms with Crippen LogP contribution in [0.2, 0.25) is 0 Å². The van der Waals surface area contributed by atoms with Crippen LogP contribution >= 0.6 is 11.8 Å². The molecule has 7 nitrogen and oxygen atoms in total. The third-order valence-electron chi connectivity index (χ3n) is 1.97. The van der Waals surface area contributed by atoms with E-state index < -0.39 is 0 Å². The van der Waals surface area contributed by atoms with Crippen LogP contribution < -0.4 is 5.32 Å². The molecule has 0 aromatic carbocycles. The third kappa shape index (κ3) is 4.34. The normalized spacial score (nSPS) is 10.4. The average molecular weight is 280 g/mol. The number of carbonyl (C=O) groups excluding carboxylic acids is 1. The number of thioether (sulfide) groups is 1. The smallest absolute Gasteiger partial charge is 0.322 e. The van der Waals surface area contributed by atoms with Gasteiger partial charge in [-0.2, -0.15) is 0 Å². The maximum Gasteiger partial charge on any atom is 0.322 e. The standard InChI is InChI=1S/C11H12N4O3S/c1-17-6-9-14-15-11(18-9)13-8(16)7-19-10-4-2-3-5-12-10/h2-5H,6-7H2,1H3,(H,13,15,16). The first-order valence-corrected chi connectivity index (χ1v) is 6.41. The fourth-order valence-corrected chi connectivity index (χ4v) is 1.87. The van der Waals surface area contributed by atoms with Gasteiger partial charge < -0.3 is 9.15 Å². The lowest BCUT2D eigenvalue weighted by molar-refractivity contribution is -0.113. The number of pyridine rings is 1. The van der Waals surface area contributed by atoms with Crippen LogP contribution in [0.3, 0.4) is 0 Å². The molecule has 2 aromatic rings. The largest absolute Gasteiger partial charge is 0.405 e. The molecule has 0 unspecified atom stereocenters. The molecule has 0 aliphatic heterocycles. The van der Waals surface area contributed by atoms with Crippen molar-refractivity contribution in [1.82, 2.24) is 15.2 Å². The molecule has 100 valence electrons. The maximum absolute atomic E-state index is 11.6. The highest BCUT2D eigenvalue weighted by atomic mass is 32.2. The van der Waals surface area contributed by atoms with Gasteiger partial charge in [-0.1, -0.05) is 22.9 Å². The highest BCUT2D eigenvalue weighted by molar-refractivity contribution is 7.99. The summed E-state index contributed by atoms with van der Waals surface area (Å²) < 4.78 is 9.97. The van der Waals surface area contributed by atoms with Gasteiger partial charge in [0.15, 0.2) is 0 Å². The number of nitrogens with one attached hydrogen (secondary N) is 1. The number of rotatable bonds is 6. The molecule has 2 rings (SSSR count). The van der Waals surface area contributed by atoms with Crippen LogP contribution in [0.1, 0.15) is 5.89 Å². The SMILES string of the molecule is COCc1nnc(NC(=O)CSc2ccccn2)o1. The van der Waals surface area contributed by atoms with E-state index in [2.05, 4.69) is 20.5 Å². The summed E-state index contributed by atoms with van der Waals surface area (Å²) in [5, 5.41) is 10.7. The molecule has 0 spiro atoms. The lowest BCUT2D eigenvalue weighted by atomic mass is 10.5. The van der Waals surface area contributed by atoms with Crippen LogP contribution in [0.4, 0.5) is 6.01 Å². The molecule has 1 amide bonds. The monoisotopic (exact) mass is 280 g/mol. The molecule has 0 fully saturated rings. The number of aromatic nitrogens is 3. The predicted molar refractivity (Wildman–Crippen MR) is 68.6 cm³/mol. The predicted octanol–water partition coefficient (Wildman–Crippen LogP) is 1.34. The summed E-state index contributed by atoms with van der Waals surface area (Å²) in [6, 6.07) is 5.59. The average Bonchev–Trinajstić information content (AvgIpc) is 2.85. The van der Waals surface area contributed by atoms with Gasteiger partial charge in [-0.25, -0.2) is 4.98 Å². The Morgan fingerprint density at radius 1 is 1.47 bits per heavy atom. The molecule has 2 aromatic heterocycles. The van der Waals surface area contributed by atoms with E-state index in [-0.39, 0.29) is 24.3 Å². The van der Waals surface area contributed by atoms with Gasteiger partial charge in [-0.15, -0.1) is 5.10 Å². The van der Waals surface area contributed by atoms with Crippen LogP contribution in [0, 0.1) is 0 Å². The van der Waals surface area contributed by atoms with E-state index in [0.717, 1.165) is 5.03 Å². The minimum atomic E-state index is -0.233. The Kier molecular flexibility index (Phi) is 4.87. The lowest BCUT2D eigenvalue weighted by Gasteiger charge is -2.00. The Hall–Kier alpha value is -1.93. The van der Waals surface area contributed by atoms with Crippen molar-refractivity contribution in [3.63, 3.8) is 0 Å². The highest BCUT2D eigenvalue weighted by Crippen LogP contribution is 2.14. The van der Waals surface area contributed by atoms with Crippen molar-refractivity contribution in [3.8, 4) is 0 Å². The molecule has 0 bridgehead atoms. The van der Waals surface area contributed by atoms with E-state index in [0.29, 0.717) is 5.89 Å². The van der Waals surface area contributed by atoms with Gasteiger partial charge in [0.25, 0.3) is 0 Å². The summed E-state index contributed by atoms with van der Waals surface area (Å²) in [5.74, 6) is 0.303. The molecule has 0 saturated heterocycles. The Morgan fingerprint density at radius 2 is 2.37 bits per heavy atom. The Bertz CT molecular complexity index is 532. The fraction of sp³-hybridized carbons (Fsp3) is 0.273. The first-order chi connectivity index (χ1) is 9.28. The molecule has 0 saturated carbocycles. The van der Waals surface area contributed by atoms with Crippen molar-refractivity contribution in [1.29, 1.82) is 0 Å². The summed E-state index contributed by atoms with van der Waals surface area (Å²) in [5.41, 5.74) is 0. The molecule has 1 N–H and O–H groups in total. The van der Waals surface area contributed by atoms with Crippen LogP contribution in [0.15, 0.2) is 33.8 Å². The molecule has 8 heteroatoms. The summed E-state index contributed by atoms with van der Waals surface area (Å²) in [7, 11) is 1.52. The van der Waals surface area contributed by atoms with E-state index in [1.165, 1.54) is 18.9 Å². The number of hydrogen-bond donors (Lipinski definition) is 1. The van der Waals surface area contributed by atoms with Crippen molar-refractivity contribution in [3.05, 3.63) is 30.3 Å². The number of hydrogen-bond acceptors (Lipinski definition) is 7. The van der Waals surface area contributed by atoms with Crippen molar-refractivity contribution in [2.75, 3.05) is 18.2 Å². The van der Waals surface area contributed by atoms with E-state index in [4.69, 9.17) is 9.15 Å². The maximum atomic E-state index is 11.6. The molecular weight excluding hydrogens is 268 g/mol. The second kappa shape index (κ2) is 6.86. The second-order valence-electron chi connectivity index (χ2n) is 3.44. The molecular formula is C11H12N4O3S. The van der Waals surface area contributed by atoms with Crippen molar-refractivity contribution in [2.45, 2.75) is 11.6 Å². The minimum Gasteiger partial charge on any atom is -0.405 e. The Labute approximate surface area is 113 Å².